The fourth-order valence-corrected chi connectivity index (χ4v) is 5.99. The molecule has 3 unspecified atom stereocenters. The monoisotopic (exact) mass is 618 g/mol. The number of hydrogen-bond acceptors (Lipinski definition) is 7. The molecule has 3 aliphatic rings. The molecule has 234 valence electrons. The first kappa shape index (κ1) is 29.5. The number of carbonyl (C=O) groups is 3. The molecule has 3 atom stereocenters. The van der Waals surface area contributed by atoms with Crippen molar-refractivity contribution in [1.82, 2.24) is 15.6 Å². The first-order chi connectivity index (χ1) is 22.5. The number of rotatable bonds is 8. The van der Waals surface area contributed by atoms with Crippen LogP contribution in [0.2, 0.25) is 0 Å². The number of carbonyl (C=O) groups excluding carboxylic acids is 3. The molecule has 10 nitrogen and oxygen atoms in total. The van der Waals surface area contributed by atoms with Crippen molar-refractivity contribution in [3.8, 4) is 5.75 Å². The van der Waals surface area contributed by atoms with Gasteiger partial charge in [-0.15, -0.1) is 0 Å². The highest BCUT2D eigenvalue weighted by atomic mass is 16.7. The molecule has 0 radical (unpaired) electrons. The lowest BCUT2D eigenvalue weighted by atomic mass is 9.90. The molecule has 2 fully saturated rings. The van der Waals surface area contributed by atoms with Gasteiger partial charge >= 0.3 is 0 Å². The van der Waals surface area contributed by atoms with Gasteiger partial charge in [-0.25, -0.2) is 0 Å². The lowest BCUT2D eigenvalue weighted by Crippen LogP contribution is -2.53. The third kappa shape index (κ3) is 6.16. The molecule has 7 rings (SSSR count). The van der Waals surface area contributed by atoms with Crippen LogP contribution in [0.5, 0.6) is 5.75 Å². The Kier molecular flexibility index (Phi) is 8.35. The van der Waals surface area contributed by atoms with Gasteiger partial charge in [0.2, 0.25) is 12.2 Å². The molecular formula is C36H34N4O6. The van der Waals surface area contributed by atoms with Crippen LogP contribution >= 0.6 is 0 Å². The van der Waals surface area contributed by atoms with Gasteiger partial charge in [-0.05, 0) is 54.0 Å². The van der Waals surface area contributed by atoms with Crippen molar-refractivity contribution in [2.24, 2.45) is 0 Å². The summed E-state index contributed by atoms with van der Waals surface area (Å²) in [5.41, 5.74) is 2.91. The van der Waals surface area contributed by atoms with Crippen LogP contribution in [-0.4, -0.2) is 54.2 Å². The summed E-state index contributed by atoms with van der Waals surface area (Å²) >= 11 is 0. The lowest BCUT2D eigenvalue weighted by molar-refractivity contribution is -0.132. The maximum atomic E-state index is 14.0. The third-order valence-electron chi connectivity index (χ3n) is 8.57. The minimum Gasteiger partial charge on any atom is -0.489 e. The number of ether oxygens (including phenoxy) is 3. The van der Waals surface area contributed by atoms with E-state index in [1.54, 1.807) is 30.5 Å². The second-order valence-corrected chi connectivity index (χ2v) is 11.7. The van der Waals surface area contributed by atoms with E-state index in [9.17, 15) is 14.4 Å². The number of amides is 3. The number of aromatic nitrogens is 1. The smallest absolute Gasteiger partial charge is 0.271 e. The van der Waals surface area contributed by atoms with E-state index in [1.807, 2.05) is 60.7 Å². The Balaban J connectivity index is 1.08. The Morgan fingerprint density at radius 2 is 1.72 bits per heavy atom. The van der Waals surface area contributed by atoms with Crippen LogP contribution < -0.4 is 20.3 Å². The van der Waals surface area contributed by atoms with E-state index in [0.29, 0.717) is 29.9 Å². The zero-order valence-corrected chi connectivity index (χ0v) is 25.2. The van der Waals surface area contributed by atoms with Gasteiger partial charge in [0.25, 0.3) is 11.8 Å². The number of fused-ring (bicyclic) bond motifs is 2. The highest BCUT2D eigenvalue weighted by Crippen LogP contribution is 2.37. The zero-order valence-electron chi connectivity index (χ0n) is 25.2. The van der Waals surface area contributed by atoms with Crippen molar-refractivity contribution < 1.29 is 28.6 Å². The predicted molar refractivity (Wildman–Crippen MR) is 171 cm³/mol. The van der Waals surface area contributed by atoms with Gasteiger partial charge in [-0.1, -0.05) is 66.7 Å². The van der Waals surface area contributed by atoms with Gasteiger partial charge in [0.1, 0.15) is 36.4 Å². The Morgan fingerprint density at radius 3 is 2.54 bits per heavy atom. The van der Waals surface area contributed by atoms with Crippen LogP contribution in [0.3, 0.4) is 0 Å². The number of allylic oxidation sites excluding steroid dienone is 1. The first-order valence-corrected chi connectivity index (χ1v) is 15.5. The van der Waals surface area contributed by atoms with Crippen LogP contribution in [0.15, 0.2) is 102 Å². The van der Waals surface area contributed by atoms with Crippen molar-refractivity contribution in [2.75, 3.05) is 18.1 Å². The zero-order chi connectivity index (χ0) is 31.5. The second-order valence-electron chi connectivity index (χ2n) is 11.7. The Hall–Kier alpha value is -5.22. The molecule has 1 saturated heterocycles. The number of nitrogens with one attached hydrogen (secondary N) is 2. The fraction of sp³-hybridized carbons (Fsp3) is 0.278. The number of pyridine rings is 1. The van der Waals surface area contributed by atoms with Gasteiger partial charge in [0.05, 0.1) is 18.3 Å². The molecule has 2 N–H and O–H groups in total. The summed E-state index contributed by atoms with van der Waals surface area (Å²) in [6, 6.07) is 24.6. The molecular weight excluding hydrogens is 584 g/mol. The Bertz CT molecular complexity index is 1800. The molecule has 3 heterocycles. The maximum Gasteiger partial charge on any atom is 0.271 e. The van der Waals surface area contributed by atoms with E-state index in [2.05, 4.69) is 15.6 Å². The van der Waals surface area contributed by atoms with E-state index < -0.39 is 30.2 Å². The molecule has 4 aromatic rings. The third-order valence-corrected chi connectivity index (χ3v) is 8.57. The van der Waals surface area contributed by atoms with E-state index >= 15 is 0 Å². The predicted octanol–water partition coefficient (Wildman–Crippen LogP) is 4.64. The molecule has 46 heavy (non-hydrogen) atoms. The van der Waals surface area contributed by atoms with Crippen molar-refractivity contribution >= 4 is 34.2 Å². The van der Waals surface area contributed by atoms with Crippen LogP contribution in [-0.2, 0) is 25.7 Å². The van der Waals surface area contributed by atoms with Crippen molar-refractivity contribution in [3.63, 3.8) is 0 Å². The largest absolute Gasteiger partial charge is 0.489 e. The number of anilines is 1. The standard InChI is InChI=1S/C36H34N4O6/c41-32(38-27-19-31(25-12-8-13-25)46-36(27)45-21-23-9-2-1-3-10-23)20-40-29-15-6-7-16-30(29)44-22-28(35(40)43)39-34(42)33-26-14-5-4-11-24(26)17-18-37-33/h1-7,9-11,14-18,27-28,36H,8,12-13,19-22H2,(H,38,41)(H,39,42). The Labute approximate surface area is 266 Å². The van der Waals surface area contributed by atoms with Gasteiger partial charge in [-0.3, -0.25) is 24.3 Å². The quantitative estimate of drug-likeness (QED) is 0.295. The van der Waals surface area contributed by atoms with Gasteiger partial charge in [-0.2, -0.15) is 0 Å². The number of hydrogen-bond donors (Lipinski definition) is 2. The summed E-state index contributed by atoms with van der Waals surface area (Å²) in [4.78, 5) is 46.7. The molecule has 3 aromatic carbocycles. The topological polar surface area (TPSA) is 119 Å². The Morgan fingerprint density at radius 1 is 0.935 bits per heavy atom. The molecule has 3 amide bonds. The normalized spacial score (nSPS) is 20.7. The average molecular weight is 619 g/mol. The SMILES string of the molecule is O=C(CN1C(=O)C(NC(=O)c2nccc3ccccc23)COc2ccccc21)NC1CC(=C2CCC2)OC1OCc1ccccc1. The minimum atomic E-state index is -1.06. The van der Waals surface area contributed by atoms with Crippen LogP contribution in [0.4, 0.5) is 5.69 Å². The van der Waals surface area contributed by atoms with Gasteiger partial charge < -0.3 is 24.8 Å². The van der Waals surface area contributed by atoms with Gasteiger partial charge in [0, 0.05) is 18.0 Å². The van der Waals surface area contributed by atoms with Crippen molar-refractivity contribution in [3.05, 3.63) is 114 Å². The lowest BCUT2D eigenvalue weighted by Gasteiger charge is -2.26. The summed E-state index contributed by atoms with van der Waals surface area (Å²) in [5, 5.41) is 7.39. The minimum absolute atomic E-state index is 0.104. The summed E-state index contributed by atoms with van der Waals surface area (Å²) in [7, 11) is 0. The molecule has 0 spiro atoms. The fourth-order valence-electron chi connectivity index (χ4n) is 5.99. The highest BCUT2D eigenvalue weighted by molar-refractivity contribution is 6.09. The molecule has 0 bridgehead atoms. The summed E-state index contributed by atoms with van der Waals surface area (Å²) in [6.45, 7) is -0.0536. The van der Waals surface area contributed by atoms with E-state index in [0.717, 1.165) is 36.0 Å². The summed E-state index contributed by atoms with van der Waals surface area (Å²) in [5.74, 6) is -0.0386. The molecule has 1 saturated carbocycles. The van der Waals surface area contributed by atoms with E-state index in [4.69, 9.17) is 14.2 Å². The number of nitrogens with zero attached hydrogens (tertiary/aromatic N) is 2. The van der Waals surface area contributed by atoms with Crippen LogP contribution in [0, 0.1) is 0 Å². The summed E-state index contributed by atoms with van der Waals surface area (Å²) < 4.78 is 18.3. The molecule has 1 aliphatic carbocycles. The van der Waals surface area contributed by atoms with Crippen LogP contribution in [0.25, 0.3) is 10.8 Å². The molecule has 10 heteroatoms. The second kappa shape index (κ2) is 13.0. The van der Waals surface area contributed by atoms with E-state index in [-0.39, 0.29) is 24.8 Å². The van der Waals surface area contributed by atoms with Gasteiger partial charge in [0.15, 0.2) is 0 Å². The molecule has 1 aromatic heterocycles. The summed E-state index contributed by atoms with van der Waals surface area (Å²) in [6.07, 6.45) is 4.52. The van der Waals surface area contributed by atoms with E-state index in [1.165, 1.54) is 10.5 Å². The highest BCUT2D eigenvalue weighted by Gasteiger charge is 2.39. The maximum absolute atomic E-state index is 14.0. The van der Waals surface area contributed by atoms with Crippen molar-refractivity contribution in [2.45, 2.75) is 50.7 Å². The molecule has 2 aliphatic heterocycles. The number of para-hydroxylation sites is 2. The average Bonchev–Trinajstić information content (AvgIpc) is 3.39. The first-order valence-electron chi connectivity index (χ1n) is 15.5. The number of benzene rings is 3. The van der Waals surface area contributed by atoms with Crippen molar-refractivity contribution in [1.29, 1.82) is 0 Å². The van der Waals surface area contributed by atoms with Crippen LogP contribution in [0.1, 0.15) is 41.7 Å².